The summed E-state index contributed by atoms with van der Waals surface area (Å²) in [7, 11) is 1.26. The van der Waals surface area contributed by atoms with Crippen molar-refractivity contribution < 1.29 is 19.1 Å². The number of H-pyrrole nitrogens is 1. The molecular weight excluding hydrogens is 516 g/mol. The molecule has 2 aromatic heterocycles. The number of esters is 1. The molecule has 0 aliphatic heterocycles. The van der Waals surface area contributed by atoms with Crippen molar-refractivity contribution in [2.45, 2.75) is 51.1 Å². The van der Waals surface area contributed by atoms with Gasteiger partial charge in [-0.3, -0.25) is 19.4 Å². The molecule has 0 saturated heterocycles. The number of unbranched alkanes of at least 4 members (excludes halogenated alkanes) is 2. The molecule has 13 heteroatoms. The van der Waals surface area contributed by atoms with Crippen LogP contribution in [-0.4, -0.2) is 57.4 Å². The van der Waals surface area contributed by atoms with Crippen molar-refractivity contribution in [3.8, 4) is 12.3 Å². The molecule has 0 aliphatic rings. The lowest BCUT2D eigenvalue weighted by atomic mass is 10.1. The average Bonchev–Trinajstić information content (AvgIpc) is 2.95. The summed E-state index contributed by atoms with van der Waals surface area (Å²) in [5, 5.41) is 8.68. The average molecular weight is 549 g/mol. The Bertz CT molecular complexity index is 1430. The topological polar surface area (TPSA) is 194 Å². The lowest BCUT2D eigenvalue weighted by Crippen LogP contribution is -2.41. The number of hydrogen-bond acceptors (Lipinski definition) is 10. The number of nitrogen functional groups attached to an aromatic ring is 1. The van der Waals surface area contributed by atoms with Gasteiger partial charge in [-0.25, -0.2) is 14.8 Å². The van der Waals surface area contributed by atoms with Crippen LogP contribution in [0.3, 0.4) is 0 Å². The maximum absolute atomic E-state index is 12.8. The van der Waals surface area contributed by atoms with Crippen molar-refractivity contribution in [3.63, 3.8) is 0 Å². The quantitative estimate of drug-likeness (QED) is 0.111. The van der Waals surface area contributed by atoms with E-state index in [9.17, 15) is 19.2 Å². The van der Waals surface area contributed by atoms with Gasteiger partial charge in [0.1, 0.15) is 6.04 Å². The number of terminal acetylenes is 1. The first-order chi connectivity index (χ1) is 19.3. The number of anilines is 2. The van der Waals surface area contributed by atoms with E-state index >= 15 is 0 Å². The van der Waals surface area contributed by atoms with Crippen LogP contribution < -0.4 is 27.2 Å². The van der Waals surface area contributed by atoms with Crippen molar-refractivity contribution in [2.24, 2.45) is 0 Å². The fourth-order valence-corrected chi connectivity index (χ4v) is 3.76. The number of fused-ring (bicyclic) bond motifs is 1. The Hall–Kier alpha value is -4.99. The molecule has 0 saturated carbocycles. The molecule has 3 rings (SSSR count). The van der Waals surface area contributed by atoms with E-state index in [4.69, 9.17) is 16.9 Å². The molecule has 1 aromatic carbocycles. The van der Waals surface area contributed by atoms with E-state index in [0.29, 0.717) is 62.0 Å². The summed E-state index contributed by atoms with van der Waals surface area (Å²) in [4.78, 5) is 63.5. The van der Waals surface area contributed by atoms with Gasteiger partial charge in [0.2, 0.25) is 11.9 Å². The van der Waals surface area contributed by atoms with E-state index in [1.165, 1.54) is 13.3 Å². The Labute approximate surface area is 230 Å². The summed E-state index contributed by atoms with van der Waals surface area (Å²) in [5.74, 6) is 1.44. The van der Waals surface area contributed by atoms with E-state index in [1.54, 1.807) is 24.3 Å². The number of aromatic amines is 1. The number of methoxy groups -OCH3 is 1. The predicted octanol–water partition coefficient (Wildman–Crippen LogP) is 1.27. The largest absolute Gasteiger partial charge is 0.467 e. The molecule has 2 amide bonds. The standard InChI is InChI=1S/C27H32N8O5/c1-3-4-5-9-21(36)29-14-7-6-8-20(26(39)40-2)33-24(37)17-10-12-18(13-11-17)30-15-19-16-31-23-22(32-19)25(38)35-27(28)34-23/h1,10-13,16,20,30H,4-9,14-15H2,2H3,(H,29,36)(H,33,37)(H3,28,31,34,35,38)/t20-/m0/s1. The van der Waals surface area contributed by atoms with Crippen LogP contribution in [0.1, 0.15) is 54.6 Å². The highest BCUT2D eigenvalue weighted by atomic mass is 16.5. The van der Waals surface area contributed by atoms with Gasteiger partial charge in [0, 0.05) is 30.6 Å². The fraction of sp³-hybridized carbons (Fsp3) is 0.370. The van der Waals surface area contributed by atoms with Crippen LogP contribution in [-0.2, 0) is 20.9 Å². The number of ether oxygens (including phenoxy) is 1. The number of carbonyl (C=O) groups is 3. The van der Waals surface area contributed by atoms with Gasteiger partial charge in [-0.2, -0.15) is 4.98 Å². The Balaban J connectivity index is 1.48. The molecule has 13 nitrogen and oxygen atoms in total. The van der Waals surface area contributed by atoms with Crippen LogP contribution in [0.4, 0.5) is 11.6 Å². The second-order valence-electron chi connectivity index (χ2n) is 8.87. The van der Waals surface area contributed by atoms with Crippen LogP contribution in [0.25, 0.3) is 11.2 Å². The Morgan fingerprint density at radius 2 is 1.93 bits per heavy atom. The smallest absolute Gasteiger partial charge is 0.328 e. The number of hydrogen-bond donors (Lipinski definition) is 5. The highest BCUT2D eigenvalue weighted by Gasteiger charge is 2.21. The van der Waals surface area contributed by atoms with Gasteiger partial charge in [-0.15, -0.1) is 12.3 Å². The SMILES string of the molecule is C#CCCCC(=O)NCCCC[C@H](NC(=O)c1ccc(NCc2cnc3nc(N)[nH]c(=O)c3n2)cc1)C(=O)OC. The van der Waals surface area contributed by atoms with E-state index < -0.39 is 23.5 Å². The summed E-state index contributed by atoms with van der Waals surface area (Å²) in [6.45, 7) is 0.742. The number of benzene rings is 1. The molecule has 210 valence electrons. The molecule has 0 bridgehead atoms. The minimum Gasteiger partial charge on any atom is -0.467 e. The van der Waals surface area contributed by atoms with Gasteiger partial charge in [0.25, 0.3) is 11.5 Å². The van der Waals surface area contributed by atoms with E-state index in [2.05, 4.69) is 41.8 Å². The van der Waals surface area contributed by atoms with E-state index in [1.807, 2.05) is 0 Å². The molecular formula is C27H32N8O5. The van der Waals surface area contributed by atoms with Crippen LogP contribution >= 0.6 is 0 Å². The lowest BCUT2D eigenvalue weighted by Gasteiger charge is -2.17. The van der Waals surface area contributed by atoms with Crippen molar-refractivity contribution in [1.29, 1.82) is 0 Å². The van der Waals surface area contributed by atoms with Gasteiger partial charge in [0.15, 0.2) is 11.2 Å². The number of nitrogens with one attached hydrogen (secondary N) is 4. The van der Waals surface area contributed by atoms with Crippen LogP contribution in [0.15, 0.2) is 35.3 Å². The number of nitrogens with zero attached hydrogens (tertiary/aromatic N) is 3. The lowest BCUT2D eigenvalue weighted by molar-refractivity contribution is -0.143. The van der Waals surface area contributed by atoms with Gasteiger partial charge >= 0.3 is 5.97 Å². The van der Waals surface area contributed by atoms with Gasteiger partial charge in [-0.05, 0) is 49.9 Å². The monoisotopic (exact) mass is 548 g/mol. The molecule has 0 fully saturated rings. The van der Waals surface area contributed by atoms with Gasteiger partial charge < -0.3 is 26.4 Å². The number of nitrogens with two attached hydrogens (primary N) is 1. The summed E-state index contributed by atoms with van der Waals surface area (Å²) in [6.07, 6.45) is 9.86. The minimum absolute atomic E-state index is 0.0340. The zero-order valence-electron chi connectivity index (χ0n) is 22.2. The predicted molar refractivity (Wildman–Crippen MR) is 149 cm³/mol. The summed E-state index contributed by atoms with van der Waals surface area (Å²) in [6, 6.07) is 5.83. The summed E-state index contributed by atoms with van der Waals surface area (Å²) >= 11 is 0. The normalized spacial score (nSPS) is 11.3. The molecule has 3 aromatic rings. The first-order valence-corrected chi connectivity index (χ1v) is 12.7. The second kappa shape index (κ2) is 14.8. The van der Waals surface area contributed by atoms with Crippen LogP contribution in [0, 0.1) is 12.3 Å². The first kappa shape index (κ1) is 29.6. The van der Waals surface area contributed by atoms with Gasteiger partial charge in [0.05, 0.1) is 25.5 Å². The Morgan fingerprint density at radius 1 is 1.15 bits per heavy atom. The van der Waals surface area contributed by atoms with E-state index in [-0.39, 0.29) is 29.6 Å². The third-order valence-corrected chi connectivity index (χ3v) is 5.86. The Kier molecular flexibility index (Phi) is 11.0. The maximum atomic E-state index is 12.8. The van der Waals surface area contributed by atoms with E-state index in [0.717, 1.165) is 0 Å². The number of amides is 2. The number of rotatable bonds is 14. The molecule has 0 aliphatic carbocycles. The van der Waals surface area contributed by atoms with Crippen molar-refractivity contribution in [2.75, 3.05) is 24.7 Å². The molecule has 40 heavy (non-hydrogen) atoms. The van der Waals surface area contributed by atoms with Crippen molar-refractivity contribution >= 4 is 40.6 Å². The van der Waals surface area contributed by atoms with Crippen molar-refractivity contribution in [3.05, 3.63) is 52.1 Å². The highest BCUT2D eigenvalue weighted by molar-refractivity contribution is 5.97. The third-order valence-electron chi connectivity index (χ3n) is 5.86. The van der Waals surface area contributed by atoms with Crippen molar-refractivity contribution in [1.82, 2.24) is 30.6 Å². The van der Waals surface area contributed by atoms with Crippen LogP contribution in [0.5, 0.6) is 0 Å². The number of aromatic nitrogens is 4. The summed E-state index contributed by atoms with van der Waals surface area (Å²) < 4.78 is 4.84. The molecule has 0 radical (unpaired) electrons. The molecule has 0 spiro atoms. The maximum Gasteiger partial charge on any atom is 0.328 e. The van der Waals surface area contributed by atoms with Gasteiger partial charge in [-0.1, -0.05) is 0 Å². The molecule has 6 N–H and O–H groups in total. The fourth-order valence-electron chi connectivity index (χ4n) is 3.76. The molecule has 2 heterocycles. The highest BCUT2D eigenvalue weighted by Crippen LogP contribution is 2.13. The zero-order chi connectivity index (χ0) is 28.9. The minimum atomic E-state index is -0.818. The molecule has 0 unspecified atom stereocenters. The third kappa shape index (κ3) is 8.80. The first-order valence-electron chi connectivity index (χ1n) is 12.7. The Morgan fingerprint density at radius 3 is 2.65 bits per heavy atom. The second-order valence-corrected chi connectivity index (χ2v) is 8.87. The zero-order valence-corrected chi connectivity index (χ0v) is 22.2. The van der Waals surface area contributed by atoms with Crippen LogP contribution in [0.2, 0.25) is 0 Å². The summed E-state index contributed by atoms with van der Waals surface area (Å²) in [5.41, 5.74) is 6.86. The molecule has 1 atom stereocenters. The number of carbonyl (C=O) groups excluding carboxylic acids is 3.